The second-order valence-electron chi connectivity index (χ2n) is 4.11. The number of aliphatic hydroxyl groups excluding tert-OH is 1. The van der Waals surface area contributed by atoms with Crippen molar-refractivity contribution in [2.75, 3.05) is 25.1 Å². The standard InChI is InChI=1S/C12H19NO3S/c1-17(15,16)9-5-8-13-10-12(14)11-6-3-2-4-7-11/h2-4,6-7,12-14H,5,8-10H2,1H3. The molecule has 4 nitrogen and oxygen atoms in total. The van der Waals surface area contributed by atoms with E-state index in [1.807, 2.05) is 30.3 Å². The molecule has 1 rings (SSSR count). The van der Waals surface area contributed by atoms with E-state index < -0.39 is 15.9 Å². The first-order chi connectivity index (χ1) is 7.99. The lowest BCUT2D eigenvalue weighted by Crippen LogP contribution is -2.24. The van der Waals surface area contributed by atoms with Crippen LogP contribution in [0, 0.1) is 0 Å². The fraction of sp³-hybridized carbons (Fsp3) is 0.500. The molecule has 0 aliphatic rings. The Morgan fingerprint density at radius 3 is 2.53 bits per heavy atom. The summed E-state index contributed by atoms with van der Waals surface area (Å²) in [6.07, 6.45) is 1.25. The van der Waals surface area contributed by atoms with E-state index in [4.69, 9.17) is 0 Å². The van der Waals surface area contributed by atoms with Crippen LogP contribution in [0.4, 0.5) is 0 Å². The Morgan fingerprint density at radius 2 is 1.94 bits per heavy atom. The van der Waals surface area contributed by atoms with Crippen molar-refractivity contribution in [2.45, 2.75) is 12.5 Å². The minimum Gasteiger partial charge on any atom is -0.387 e. The lowest BCUT2D eigenvalue weighted by molar-refractivity contribution is 0.175. The van der Waals surface area contributed by atoms with E-state index in [2.05, 4.69) is 5.32 Å². The van der Waals surface area contributed by atoms with Crippen LogP contribution in [-0.4, -0.2) is 38.6 Å². The molecular formula is C12H19NO3S. The molecule has 0 aliphatic carbocycles. The van der Waals surface area contributed by atoms with E-state index in [1.165, 1.54) is 6.26 Å². The summed E-state index contributed by atoms with van der Waals surface area (Å²) < 4.78 is 21.7. The Labute approximate surface area is 103 Å². The van der Waals surface area contributed by atoms with Gasteiger partial charge in [0.15, 0.2) is 0 Å². The van der Waals surface area contributed by atoms with Gasteiger partial charge in [-0.05, 0) is 18.5 Å². The van der Waals surface area contributed by atoms with Gasteiger partial charge >= 0.3 is 0 Å². The van der Waals surface area contributed by atoms with Gasteiger partial charge in [0.05, 0.1) is 11.9 Å². The third-order valence-electron chi connectivity index (χ3n) is 2.39. The molecule has 1 atom stereocenters. The molecule has 1 aromatic carbocycles. The van der Waals surface area contributed by atoms with Gasteiger partial charge in [-0.1, -0.05) is 30.3 Å². The highest BCUT2D eigenvalue weighted by Crippen LogP contribution is 2.10. The van der Waals surface area contributed by atoms with Crippen LogP contribution >= 0.6 is 0 Å². The van der Waals surface area contributed by atoms with Crippen LogP contribution in [-0.2, 0) is 9.84 Å². The van der Waals surface area contributed by atoms with Gasteiger partial charge in [0.2, 0.25) is 0 Å². The molecule has 0 bridgehead atoms. The number of sulfone groups is 1. The zero-order valence-electron chi connectivity index (χ0n) is 9.96. The van der Waals surface area contributed by atoms with Gasteiger partial charge in [-0.25, -0.2) is 8.42 Å². The van der Waals surface area contributed by atoms with Crippen LogP contribution in [0.25, 0.3) is 0 Å². The summed E-state index contributed by atoms with van der Waals surface area (Å²) in [4.78, 5) is 0. The zero-order valence-corrected chi connectivity index (χ0v) is 10.8. The van der Waals surface area contributed by atoms with Crippen molar-refractivity contribution in [3.63, 3.8) is 0 Å². The molecule has 5 heteroatoms. The zero-order chi connectivity index (χ0) is 12.7. The SMILES string of the molecule is CS(=O)(=O)CCCNCC(O)c1ccccc1. The van der Waals surface area contributed by atoms with Crippen LogP contribution in [0.2, 0.25) is 0 Å². The number of nitrogens with one attached hydrogen (secondary N) is 1. The second kappa shape index (κ2) is 6.74. The fourth-order valence-electron chi connectivity index (χ4n) is 1.49. The molecule has 0 aliphatic heterocycles. The first-order valence-corrected chi connectivity index (χ1v) is 7.66. The molecule has 96 valence electrons. The molecule has 0 spiro atoms. The molecular weight excluding hydrogens is 238 g/mol. The number of aliphatic hydroxyl groups is 1. The normalized spacial score (nSPS) is 13.5. The van der Waals surface area contributed by atoms with Crippen LogP contribution in [0.1, 0.15) is 18.1 Å². The van der Waals surface area contributed by atoms with Gasteiger partial charge in [0.25, 0.3) is 0 Å². The van der Waals surface area contributed by atoms with Crippen molar-refractivity contribution in [3.05, 3.63) is 35.9 Å². The van der Waals surface area contributed by atoms with Crippen LogP contribution in [0.3, 0.4) is 0 Å². The molecule has 17 heavy (non-hydrogen) atoms. The molecule has 1 unspecified atom stereocenters. The smallest absolute Gasteiger partial charge is 0.147 e. The average molecular weight is 257 g/mol. The van der Waals surface area contributed by atoms with E-state index in [0.717, 1.165) is 5.56 Å². The third-order valence-corrected chi connectivity index (χ3v) is 3.42. The Morgan fingerprint density at radius 1 is 1.29 bits per heavy atom. The maximum atomic E-state index is 10.9. The summed E-state index contributed by atoms with van der Waals surface area (Å²) in [5.41, 5.74) is 0.864. The molecule has 1 aromatic rings. The van der Waals surface area contributed by atoms with Crippen LogP contribution in [0.15, 0.2) is 30.3 Å². The quantitative estimate of drug-likeness (QED) is 0.707. The van der Waals surface area contributed by atoms with E-state index >= 15 is 0 Å². The lowest BCUT2D eigenvalue weighted by atomic mass is 10.1. The van der Waals surface area contributed by atoms with Gasteiger partial charge in [-0.15, -0.1) is 0 Å². The van der Waals surface area contributed by atoms with Crippen molar-refractivity contribution in [2.24, 2.45) is 0 Å². The first-order valence-electron chi connectivity index (χ1n) is 5.60. The Balaban J connectivity index is 2.19. The minimum absolute atomic E-state index is 0.182. The first kappa shape index (κ1) is 14.2. The molecule has 0 amide bonds. The van der Waals surface area contributed by atoms with Gasteiger partial charge < -0.3 is 10.4 Å². The summed E-state index contributed by atoms with van der Waals surface area (Å²) in [7, 11) is -2.88. The Bertz CT molecular complexity index is 417. The van der Waals surface area contributed by atoms with Gasteiger partial charge in [0, 0.05) is 12.8 Å². The minimum atomic E-state index is -2.88. The molecule has 2 N–H and O–H groups in total. The number of hydrogen-bond acceptors (Lipinski definition) is 4. The van der Waals surface area contributed by atoms with Crippen molar-refractivity contribution in [3.8, 4) is 0 Å². The van der Waals surface area contributed by atoms with E-state index in [1.54, 1.807) is 0 Å². The maximum Gasteiger partial charge on any atom is 0.147 e. The maximum absolute atomic E-state index is 10.9. The lowest BCUT2D eigenvalue weighted by Gasteiger charge is -2.11. The van der Waals surface area contributed by atoms with Gasteiger partial charge in [-0.2, -0.15) is 0 Å². The highest BCUT2D eigenvalue weighted by molar-refractivity contribution is 7.90. The van der Waals surface area contributed by atoms with E-state index in [-0.39, 0.29) is 5.75 Å². The summed E-state index contributed by atoms with van der Waals surface area (Å²) in [6.45, 7) is 1.03. The van der Waals surface area contributed by atoms with Gasteiger partial charge in [-0.3, -0.25) is 0 Å². The summed E-state index contributed by atoms with van der Waals surface area (Å²) in [5.74, 6) is 0.182. The van der Waals surface area contributed by atoms with Crippen molar-refractivity contribution < 1.29 is 13.5 Å². The monoisotopic (exact) mass is 257 g/mol. The highest BCUT2D eigenvalue weighted by atomic mass is 32.2. The van der Waals surface area contributed by atoms with Gasteiger partial charge in [0.1, 0.15) is 9.84 Å². The topological polar surface area (TPSA) is 66.4 Å². The van der Waals surface area contributed by atoms with Crippen LogP contribution in [0.5, 0.6) is 0 Å². The summed E-state index contributed by atoms with van der Waals surface area (Å²) in [5, 5.41) is 12.8. The van der Waals surface area contributed by atoms with Crippen molar-refractivity contribution >= 4 is 9.84 Å². The predicted octanol–water partition coefficient (Wildman–Crippen LogP) is 0.744. The fourth-order valence-corrected chi connectivity index (χ4v) is 2.16. The predicted molar refractivity (Wildman–Crippen MR) is 68.6 cm³/mol. The molecule has 0 heterocycles. The average Bonchev–Trinajstić information content (AvgIpc) is 2.28. The summed E-state index contributed by atoms with van der Waals surface area (Å²) >= 11 is 0. The number of rotatable bonds is 7. The second-order valence-corrected chi connectivity index (χ2v) is 6.37. The molecule has 0 saturated carbocycles. The molecule has 0 saturated heterocycles. The van der Waals surface area contributed by atoms with E-state index in [9.17, 15) is 13.5 Å². The molecule has 0 fully saturated rings. The van der Waals surface area contributed by atoms with E-state index in [0.29, 0.717) is 19.5 Å². The summed E-state index contributed by atoms with van der Waals surface area (Å²) in [6, 6.07) is 9.38. The molecule has 0 radical (unpaired) electrons. The van der Waals surface area contributed by atoms with Crippen molar-refractivity contribution in [1.29, 1.82) is 0 Å². The Kier molecular flexibility index (Phi) is 5.61. The Hall–Kier alpha value is -0.910. The van der Waals surface area contributed by atoms with Crippen LogP contribution < -0.4 is 5.32 Å². The largest absolute Gasteiger partial charge is 0.387 e. The number of hydrogen-bond donors (Lipinski definition) is 2. The molecule has 0 aromatic heterocycles. The third kappa shape index (κ3) is 6.41. The number of benzene rings is 1. The van der Waals surface area contributed by atoms with Crippen molar-refractivity contribution in [1.82, 2.24) is 5.32 Å². The highest BCUT2D eigenvalue weighted by Gasteiger charge is 2.06.